The maximum atomic E-state index is 13.0. The van der Waals surface area contributed by atoms with E-state index in [1.165, 1.54) is 12.1 Å². The second-order valence-corrected chi connectivity index (χ2v) is 7.04. The van der Waals surface area contributed by atoms with Gasteiger partial charge in [0, 0.05) is 18.2 Å². The Balaban J connectivity index is 1.51. The first-order valence-corrected chi connectivity index (χ1v) is 8.85. The third kappa shape index (κ3) is 4.89. The summed E-state index contributed by atoms with van der Waals surface area (Å²) in [6.07, 6.45) is 1.72. The van der Waals surface area contributed by atoms with Gasteiger partial charge in [0.05, 0.1) is 0 Å². The minimum Gasteiger partial charge on any atom is -0.326 e. The average Bonchev–Trinajstić information content (AvgIpc) is 2.56. The summed E-state index contributed by atoms with van der Waals surface area (Å²) in [7, 11) is 0. The predicted octanol–water partition coefficient (Wildman–Crippen LogP) is 4.29. The molecule has 1 aliphatic rings. The van der Waals surface area contributed by atoms with Gasteiger partial charge in [-0.2, -0.15) is 0 Å². The Morgan fingerprint density at radius 1 is 1.08 bits per heavy atom. The molecule has 3 nitrogen and oxygen atoms in total. The number of halogens is 1. The molecule has 0 saturated carbocycles. The summed E-state index contributed by atoms with van der Waals surface area (Å²) < 4.78 is 13.0. The number of carbonyl (C=O) groups excluding carboxylic acids is 1. The third-order valence-corrected chi connectivity index (χ3v) is 4.77. The molecule has 1 N–H and O–H groups in total. The van der Waals surface area contributed by atoms with Crippen molar-refractivity contribution in [1.82, 2.24) is 4.90 Å². The number of likely N-dealkylation sites (tertiary alicyclic amines) is 1. The van der Waals surface area contributed by atoms with Crippen LogP contribution in [0.3, 0.4) is 0 Å². The lowest BCUT2D eigenvalue weighted by atomic mass is 9.95. The summed E-state index contributed by atoms with van der Waals surface area (Å²) in [6, 6.07) is 12.8. The molecule has 1 amide bonds. The highest BCUT2D eigenvalue weighted by Crippen LogP contribution is 2.22. The Kier molecular flexibility index (Phi) is 5.49. The van der Waals surface area contributed by atoms with Gasteiger partial charge in [0.25, 0.3) is 0 Å². The molecule has 0 spiro atoms. The van der Waals surface area contributed by atoms with E-state index < -0.39 is 0 Å². The first kappa shape index (κ1) is 17.6. The molecule has 1 fully saturated rings. The van der Waals surface area contributed by atoms with Gasteiger partial charge < -0.3 is 5.32 Å². The van der Waals surface area contributed by atoms with E-state index in [4.69, 9.17) is 0 Å². The van der Waals surface area contributed by atoms with Crippen LogP contribution in [0.25, 0.3) is 0 Å². The van der Waals surface area contributed by atoms with E-state index in [2.05, 4.69) is 16.3 Å². The highest BCUT2D eigenvalue weighted by molar-refractivity contribution is 5.92. The number of aryl methyl sites for hydroxylation is 2. The van der Waals surface area contributed by atoms with Gasteiger partial charge >= 0.3 is 0 Å². The smallest absolute Gasteiger partial charge is 0.227 e. The van der Waals surface area contributed by atoms with Crippen LogP contribution in [-0.2, 0) is 11.3 Å². The van der Waals surface area contributed by atoms with Crippen LogP contribution in [0.15, 0.2) is 42.5 Å². The topological polar surface area (TPSA) is 32.3 Å². The Bertz CT molecular complexity index is 714. The molecule has 25 heavy (non-hydrogen) atoms. The van der Waals surface area contributed by atoms with Crippen molar-refractivity contribution < 1.29 is 9.18 Å². The maximum Gasteiger partial charge on any atom is 0.227 e. The van der Waals surface area contributed by atoms with Crippen LogP contribution in [0, 0.1) is 25.6 Å². The lowest BCUT2D eigenvalue weighted by Crippen LogP contribution is -2.37. The van der Waals surface area contributed by atoms with Crippen LogP contribution in [0.1, 0.15) is 29.5 Å². The van der Waals surface area contributed by atoms with Crippen molar-refractivity contribution in [3.05, 3.63) is 65.0 Å². The van der Waals surface area contributed by atoms with Gasteiger partial charge in [-0.3, -0.25) is 9.69 Å². The Hall–Kier alpha value is -2.20. The number of hydrogen-bond donors (Lipinski definition) is 1. The molecule has 0 atom stereocenters. The van der Waals surface area contributed by atoms with Gasteiger partial charge in [0.2, 0.25) is 5.91 Å². The van der Waals surface area contributed by atoms with E-state index in [0.29, 0.717) is 0 Å². The largest absolute Gasteiger partial charge is 0.326 e. The number of hydrogen-bond acceptors (Lipinski definition) is 2. The molecule has 0 bridgehead atoms. The van der Waals surface area contributed by atoms with Gasteiger partial charge in [-0.05, 0) is 80.7 Å². The first-order valence-electron chi connectivity index (χ1n) is 8.85. The molecule has 2 aromatic rings. The van der Waals surface area contributed by atoms with Crippen LogP contribution in [0.2, 0.25) is 0 Å². The van der Waals surface area contributed by atoms with Gasteiger partial charge in [0.15, 0.2) is 0 Å². The quantitative estimate of drug-likeness (QED) is 0.900. The summed E-state index contributed by atoms with van der Waals surface area (Å²) in [4.78, 5) is 14.8. The van der Waals surface area contributed by atoms with Crippen LogP contribution in [-0.4, -0.2) is 23.9 Å². The van der Waals surface area contributed by atoms with Crippen LogP contribution in [0.5, 0.6) is 0 Å². The minimum absolute atomic E-state index is 0.0605. The molecule has 1 aliphatic heterocycles. The molecule has 2 aromatic carbocycles. The molecule has 1 heterocycles. The Morgan fingerprint density at radius 3 is 2.28 bits per heavy atom. The minimum atomic E-state index is -0.203. The van der Waals surface area contributed by atoms with E-state index >= 15 is 0 Å². The Morgan fingerprint density at radius 2 is 1.68 bits per heavy atom. The number of piperidine rings is 1. The van der Waals surface area contributed by atoms with Crippen LogP contribution < -0.4 is 5.32 Å². The van der Waals surface area contributed by atoms with Gasteiger partial charge in [-0.25, -0.2) is 4.39 Å². The van der Waals surface area contributed by atoms with Crippen molar-refractivity contribution in [1.29, 1.82) is 0 Å². The second kappa shape index (κ2) is 7.79. The number of amides is 1. The number of rotatable bonds is 4. The standard InChI is InChI=1S/C21H25FN2O/c1-15-11-16(2)13-20(12-15)23-21(25)18-7-9-24(10-8-18)14-17-3-5-19(22)6-4-17/h3-6,11-13,18H,7-10,14H2,1-2H3,(H,23,25). The second-order valence-electron chi connectivity index (χ2n) is 7.04. The zero-order valence-corrected chi connectivity index (χ0v) is 14.9. The maximum absolute atomic E-state index is 13.0. The van der Waals surface area contributed by atoms with Crippen molar-refractivity contribution in [2.45, 2.75) is 33.2 Å². The lowest BCUT2D eigenvalue weighted by Gasteiger charge is -2.31. The third-order valence-electron chi connectivity index (χ3n) is 4.77. The summed E-state index contributed by atoms with van der Waals surface area (Å²) in [5.41, 5.74) is 4.31. The first-order chi connectivity index (χ1) is 12.0. The van der Waals surface area contributed by atoms with E-state index in [1.54, 1.807) is 0 Å². The van der Waals surface area contributed by atoms with Crippen molar-refractivity contribution in [2.24, 2.45) is 5.92 Å². The van der Waals surface area contributed by atoms with Crippen molar-refractivity contribution in [3.63, 3.8) is 0 Å². The summed E-state index contributed by atoms with van der Waals surface area (Å²) in [6.45, 7) is 6.67. The normalized spacial score (nSPS) is 16.0. The molecular formula is C21H25FN2O. The molecule has 0 aromatic heterocycles. The lowest BCUT2D eigenvalue weighted by molar-refractivity contribution is -0.121. The Labute approximate surface area is 148 Å². The van der Waals surface area contributed by atoms with E-state index in [9.17, 15) is 9.18 Å². The highest BCUT2D eigenvalue weighted by atomic mass is 19.1. The molecule has 0 unspecified atom stereocenters. The molecule has 132 valence electrons. The zero-order valence-electron chi connectivity index (χ0n) is 14.9. The summed E-state index contributed by atoms with van der Waals surface area (Å²) in [5, 5.41) is 3.06. The number of anilines is 1. The number of nitrogens with zero attached hydrogens (tertiary/aromatic N) is 1. The van der Waals surface area contributed by atoms with Crippen LogP contribution in [0.4, 0.5) is 10.1 Å². The van der Waals surface area contributed by atoms with E-state index in [-0.39, 0.29) is 17.6 Å². The molecule has 0 aliphatic carbocycles. The fraction of sp³-hybridized carbons (Fsp3) is 0.381. The van der Waals surface area contributed by atoms with E-state index in [0.717, 1.165) is 54.9 Å². The fourth-order valence-corrected chi connectivity index (χ4v) is 3.49. The molecule has 4 heteroatoms. The predicted molar refractivity (Wildman–Crippen MR) is 98.9 cm³/mol. The molecular weight excluding hydrogens is 315 g/mol. The summed E-state index contributed by atoms with van der Waals surface area (Å²) >= 11 is 0. The monoisotopic (exact) mass is 340 g/mol. The zero-order chi connectivity index (χ0) is 17.8. The number of benzene rings is 2. The summed E-state index contributed by atoms with van der Waals surface area (Å²) in [5.74, 6) is -0.0257. The van der Waals surface area contributed by atoms with Crippen molar-refractivity contribution in [3.8, 4) is 0 Å². The van der Waals surface area contributed by atoms with E-state index in [1.807, 2.05) is 38.1 Å². The molecule has 1 saturated heterocycles. The SMILES string of the molecule is Cc1cc(C)cc(NC(=O)C2CCN(Cc3ccc(F)cc3)CC2)c1. The van der Waals surface area contributed by atoms with Crippen molar-refractivity contribution in [2.75, 3.05) is 18.4 Å². The fourth-order valence-electron chi connectivity index (χ4n) is 3.49. The average molecular weight is 340 g/mol. The number of carbonyl (C=O) groups is 1. The van der Waals surface area contributed by atoms with Crippen LogP contribution >= 0.6 is 0 Å². The van der Waals surface area contributed by atoms with Gasteiger partial charge in [0.1, 0.15) is 5.82 Å². The van der Waals surface area contributed by atoms with Gasteiger partial charge in [-0.1, -0.05) is 18.2 Å². The van der Waals surface area contributed by atoms with Crippen molar-refractivity contribution >= 4 is 11.6 Å². The highest BCUT2D eigenvalue weighted by Gasteiger charge is 2.25. The number of nitrogens with one attached hydrogen (secondary N) is 1. The van der Waals surface area contributed by atoms with Gasteiger partial charge in [-0.15, -0.1) is 0 Å². The molecule has 0 radical (unpaired) electrons. The molecule has 3 rings (SSSR count).